The van der Waals surface area contributed by atoms with Crippen LogP contribution in [0.3, 0.4) is 0 Å². The fourth-order valence-electron chi connectivity index (χ4n) is 1.66. The van der Waals surface area contributed by atoms with E-state index >= 15 is 0 Å². The van der Waals surface area contributed by atoms with E-state index in [0.29, 0.717) is 28.2 Å². The van der Waals surface area contributed by atoms with Crippen LogP contribution in [-0.2, 0) is 0 Å². The molecular weight excluding hydrogens is 288 g/mol. The van der Waals surface area contributed by atoms with Gasteiger partial charge in [-0.25, -0.2) is 0 Å². The number of nitrogens with zero attached hydrogens (tertiary/aromatic N) is 1. The maximum Gasteiger partial charge on any atom is 0.241 e. The minimum atomic E-state index is -0.383. The molecular formula is C16H19ClN2O2. The number of aromatic nitrogens is 1. The molecule has 5 heteroatoms. The van der Waals surface area contributed by atoms with E-state index in [2.05, 4.69) is 4.98 Å². The van der Waals surface area contributed by atoms with E-state index in [-0.39, 0.29) is 5.60 Å². The largest absolute Gasteiger partial charge is 0.470 e. The van der Waals surface area contributed by atoms with Crippen molar-refractivity contribution in [3.63, 3.8) is 0 Å². The maximum atomic E-state index is 5.98. The summed E-state index contributed by atoms with van der Waals surface area (Å²) in [7, 11) is 0. The first kappa shape index (κ1) is 15.4. The summed E-state index contributed by atoms with van der Waals surface area (Å²) in [4.78, 5) is 4.31. The number of aryl methyl sites for hydroxylation is 1. The Morgan fingerprint density at radius 3 is 2.52 bits per heavy atom. The summed E-state index contributed by atoms with van der Waals surface area (Å²) in [6.45, 7) is 7.74. The van der Waals surface area contributed by atoms with Crippen molar-refractivity contribution in [1.82, 2.24) is 4.98 Å². The summed E-state index contributed by atoms with van der Waals surface area (Å²) < 4.78 is 11.5. The van der Waals surface area contributed by atoms with Gasteiger partial charge in [-0.1, -0.05) is 17.7 Å². The number of rotatable bonds is 3. The van der Waals surface area contributed by atoms with Gasteiger partial charge in [-0.15, -0.1) is 0 Å². The number of nitrogens with two attached hydrogens (primary N) is 1. The van der Waals surface area contributed by atoms with Gasteiger partial charge < -0.3 is 15.2 Å². The Hall–Kier alpha value is -1.94. The third kappa shape index (κ3) is 4.26. The second-order valence-corrected chi connectivity index (χ2v) is 6.21. The van der Waals surface area contributed by atoms with Gasteiger partial charge in [0.05, 0.1) is 5.69 Å². The van der Waals surface area contributed by atoms with Crippen LogP contribution in [-0.4, -0.2) is 10.6 Å². The van der Waals surface area contributed by atoms with E-state index < -0.39 is 0 Å². The van der Waals surface area contributed by atoms with Crippen molar-refractivity contribution in [3.8, 4) is 17.5 Å². The number of ether oxygens (including phenoxy) is 2. The van der Waals surface area contributed by atoms with Gasteiger partial charge in [-0.2, -0.15) is 4.98 Å². The number of halogens is 1. The van der Waals surface area contributed by atoms with Crippen LogP contribution in [0.25, 0.3) is 0 Å². The number of pyridine rings is 1. The van der Waals surface area contributed by atoms with Crippen LogP contribution in [0.1, 0.15) is 26.3 Å². The minimum absolute atomic E-state index is 0.361. The maximum absolute atomic E-state index is 5.98. The average Bonchev–Trinajstić information content (AvgIpc) is 2.36. The van der Waals surface area contributed by atoms with Gasteiger partial charge in [-0.3, -0.25) is 0 Å². The molecule has 0 unspecified atom stereocenters. The van der Waals surface area contributed by atoms with Gasteiger partial charge in [0.15, 0.2) is 0 Å². The molecule has 1 aromatic carbocycles. The van der Waals surface area contributed by atoms with Gasteiger partial charge >= 0.3 is 0 Å². The highest BCUT2D eigenvalue weighted by Crippen LogP contribution is 2.30. The number of hydrogen-bond donors (Lipinski definition) is 1. The van der Waals surface area contributed by atoms with Crippen LogP contribution in [0.15, 0.2) is 30.3 Å². The highest BCUT2D eigenvalue weighted by molar-refractivity contribution is 6.30. The Morgan fingerprint density at radius 1 is 1.14 bits per heavy atom. The normalized spacial score (nSPS) is 11.3. The molecule has 21 heavy (non-hydrogen) atoms. The van der Waals surface area contributed by atoms with E-state index in [0.717, 1.165) is 5.56 Å². The van der Waals surface area contributed by atoms with Crippen molar-refractivity contribution in [2.24, 2.45) is 0 Å². The number of benzene rings is 1. The third-order valence-electron chi connectivity index (χ3n) is 2.63. The van der Waals surface area contributed by atoms with E-state index in [1.807, 2.05) is 39.8 Å². The lowest BCUT2D eigenvalue weighted by Crippen LogP contribution is -2.24. The lowest BCUT2D eigenvalue weighted by atomic mass is 10.2. The number of hydrogen-bond acceptors (Lipinski definition) is 4. The Morgan fingerprint density at radius 2 is 1.86 bits per heavy atom. The van der Waals surface area contributed by atoms with Crippen molar-refractivity contribution >= 4 is 17.3 Å². The van der Waals surface area contributed by atoms with E-state index in [4.69, 9.17) is 26.8 Å². The Balaban J connectivity index is 2.29. The molecule has 0 aliphatic heterocycles. The Labute approximate surface area is 129 Å². The standard InChI is InChI=1S/C16H19ClN2O2/c1-10-5-6-11(17)9-13(10)20-14-8-7-12(18)15(19-14)21-16(2,3)4/h5-9H,18H2,1-4H3. The van der Waals surface area contributed by atoms with Crippen molar-refractivity contribution < 1.29 is 9.47 Å². The Kier molecular flexibility index (Phi) is 4.28. The second-order valence-electron chi connectivity index (χ2n) is 5.77. The van der Waals surface area contributed by atoms with Crippen LogP contribution in [0, 0.1) is 6.92 Å². The molecule has 0 atom stereocenters. The lowest BCUT2D eigenvalue weighted by molar-refractivity contribution is 0.124. The van der Waals surface area contributed by atoms with Crippen molar-refractivity contribution in [2.75, 3.05) is 5.73 Å². The first-order valence-corrected chi connectivity index (χ1v) is 7.02. The summed E-state index contributed by atoms with van der Waals surface area (Å²) in [5, 5.41) is 0.609. The zero-order chi connectivity index (χ0) is 15.6. The zero-order valence-electron chi connectivity index (χ0n) is 12.6. The Bertz CT molecular complexity index is 651. The molecule has 4 nitrogen and oxygen atoms in total. The van der Waals surface area contributed by atoms with Crippen LogP contribution < -0.4 is 15.2 Å². The highest BCUT2D eigenvalue weighted by Gasteiger charge is 2.16. The summed E-state index contributed by atoms with van der Waals surface area (Å²) in [6.07, 6.45) is 0. The molecule has 0 aliphatic rings. The molecule has 2 aromatic rings. The SMILES string of the molecule is Cc1ccc(Cl)cc1Oc1ccc(N)c(OC(C)(C)C)n1. The quantitative estimate of drug-likeness (QED) is 0.900. The highest BCUT2D eigenvalue weighted by atomic mass is 35.5. The average molecular weight is 307 g/mol. The first-order valence-electron chi connectivity index (χ1n) is 6.64. The smallest absolute Gasteiger partial charge is 0.241 e. The summed E-state index contributed by atoms with van der Waals surface area (Å²) >= 11 is 5.98. The summed E-state index contributed by atoms with van der Waals surface area (Å²) in [5.74, 6) is 1.43. The van der Waals surface area contributed by atoms with Crippen LogP contribution in [0.2, 0.25) is 5.02 Å². The molecule has 0 fully saturated rings. The fourth-order valence-corrected chi connectivity index (χ4v) is 1.82. The van der Waals surface area contributed by atoms with E-state index in [1.54, 1.807) is 18.2 Å². The van der Waals surface area contributed by atoms with Gasteiger partial charge in [0.25, 0.3) is 0 Å². The van der Waals surface area contributed by atoms with Crippen molar-refractivity contribution in [3.05, 3.63) is 40.9 Å². The molecule has 1 heterocycles. The van der Waals surface area contributed by atoms with Crippen molar-refractivity contribution in [2.45, 2.75) is 33.3 Å². The molecule has 2 rings (SSSR count). The van der Waals surface area contributed by atoms with Gasteiger partial charge in [0.2, 0.25) is 11.8 Å². The molecule has 112 valence electrons. The van der Waals surface area contributed by atoms with E-state index in [1.165, 1.54) is 0 Å². The molecule has 2 N–H and O–H groups in total. The fraction of sp³-hybridized carbons (Fsp3) is 0.312. The molecule has 0 amide bonds. The summed E-state index contributed by atoms with van der Waals surface area (Å²) in [5.41, 5.74) is 6.94. The molecule has 0 spiro atoms. The van der Waals surface area contributed by atoms with Crippen molar-refractivity contribution in [1.29, 1.82) is 0 Å². The molecule has 0 saturated carbocycles. The predicted molar refractivity (Wildman–Crippen MR) is 85.3 cm³/mol. The first-order chi connectivity index (χ1) is 9.74. The molecule has 0 bridgehead atoms. The minimum Gasteiger partial charge on any atom is -0.470 e. The number of anilines is 1. The van der Waals surface area contributed by atoms with Gasteiger partial charge in [-0.05, 0) is 51.5 Å². The van der Waals surface area contributed by atoms with Crippen LogP contribution >= 0.6 is 11.6 Å². The molecule has 0 radical (unpaired) electrons. The van der Waals surface area contributed by atoms with Crippen LogP contribution in [0.5, 0.6) is 17.5 Å². The lowest BCUT2D eigenvalue weighted by Gasteiger charge is -2.21. The zero-order valence-corrected chi connectivity index (χ0v) is 13.4. The van der Waals surface area contributed by atoms with E-state index in [9.17, 15) is 0 Å². The monoisotopic (exact) mass is 306 g/mol. The third-order valence-corrected chi connectivity index (χ3v) is 2.87. The second kappa shape index (κ2) is 5.82. The predicted octanol–water partition coefficient (Wildman–Crippen LogP) is 4.60. The molecule has 0 aliphatic carbocycles. The topological polar surface area (TPSA) is 57.4 Å². The van der Waals surface area contributed by atoms with Gasteiger partial charge in [0, 0.05) is 11.1 Å². The summed E-state index contributed by atoms with van der Waals surface area (Å²) in [6, 6.07) is 8.86. The molecule has 1 aromatic heterocycles. The van der Waals surface area contributed by atoms with Gasteiger partial charge in [0.1, 0.15) is 11.4 Å². The number of nitrogen functional groups attached to an aromatic ring is 1. The molecule has 0 saturated heterocycles. The van der Waals surface area contributed by atoms with Crippen LogP contribution in [0.4, 0.5) is 5.69 Å².